The van der Waals surface area contributed by atoms with Crippen molar-refractivity contribution in [3.8, 4) is 0 Å². The number of carbonyl (C=O) groups excluding carboxylic acids is 1. The Hall–Kier alpha value is -1.26. The molecule has 1 saturated heterocycles. The topological polar surface area (TPSA) is 69.6 Å². The van der Waals surface area contributed by atoms with Crippen molar-refractivity contribution >= 4 is 12.0 Å². The molecular weight excluding hydrogens is 244 g/mol. The second-order valence-corrected chi connectivity index (χ2v) is 6.14. The summed E-state index contributed by atoms with van der Waals surface area (Å²) in [5.41, 5.74) is -1.16. The number of likely N-dealkylation sites (tertiary alicyclic amines) is 1. The van der Waals surface area contributed by atoms with Gasteiger partial charge in [0.1, 0.15) is 5.54 Å². The summed E-state index contributed by atoms with van der Waals surface area (Å²) < 4.78 is 0. The molecule has 5 nitrogen and oxygen atoms in total. The first-order valence-electron chi connectivity index (χ1n) is 7.27. The van der Waals surface area contributed by atoms with Crippen LogP contribution in [0.5, 0.6) is 0 Å². The van der Waals surface area contributed by atoms with Gasteiger partial charge in [0, 0.05) is 12.1 Å². The number of carboxylic acids is 1. The maximum atomic E-state index is 12.4. The molecule has 1 aliphatic heterocycles. The van der Waals surface area contributed by atoms with Crippen molar-refractivity contribution in [3.63, 3.8) is 0 Å². The first-order valence-corrected chi connectivity index (χ1v) is 7.27. The lowest BCUT2D eigenvalue weighted by Gasteiger charge is -2.36. The van der Waals surface area contributed by atoms with Gasteiger partial charge in [-0.25, -0.2) is 9.59 Å². The number of carboxylic acid groups (broad SMARTS) is 1. The first kappa shape index (κ1) is 14.2. The Bertz CT molecular complexity index is 377. The lowest BCUT2D eigenvalue weighted by Crippen LogP contribution is -2.59. The molecule has 2 amide bonds. The summed E-state index contributed by atoms with van der Waals surface area (Å²) in [6, 6.07) is -0.203. The number of amides is 2. The van der Waals surface area contributed by atoms with Crippen molar-refractivity contribution in [2.75, 3.05) is 6.54 Å². The van der Waals surface area contributed by atoms with Gasteiger partial charge in [-0.1, -0.05) is 19.8 Å². The van der Waals surface area contributed by atoms with Gasteiger partial charge in [0.2, 0.25) is 0 Å². The number of rotatable bonds is 3. The Balaban J connectivity index is 2.11. The number of nitrogens with one attached hydrogen (secondary N) is 1. The molecule has 0 bridgehead atoms. The number of urea groups is 1. The molecule has 108 valence electrons. The molecule has 2 N–H and O–H groups in total. The van der Waals surface area contributed by atoms with Crippen LogP contribution in [-0.2, 0) is 4.79 Å². The molecule has 2 aliphatic rings. The van der Waals surface area contributed by atoms with Crippen LogP contribution in [0.4, 0.5) is 4.79 Å². The zero-order chi connectivity index (χ0) is 14.1. The zero-order valence-corrected chi connectivity index (χ0v) is 11.9. The second kappa shape index (κ2) is 5.02. The molecular formula is C14H24N2O3. The average molecular weight is 268 g/mol. The summed E-state index contributed by atoms with van der Waals surface area (Å²) in [6.07, 6.45) is 6.03. The highest BCUT2D eigenvalue weighted by Gasteiger charge is 2.49. The number of hydrogen-bond acceptors (Lipinski definition) is 2. The monoisotopic (exact) mass is 268 g/mol. The lowest BCUT2D eigenvalue weighted by molar-refractivity contribution is -0.148. The van der Waals surface area contributed by atoms with E-state index in [1.54, 1.807) is 4.90 Å². The maximum absolute atomic E-state index is 12.4. The quantitative estimate of drug-likeness (QED) is 0.825. The van der Waals surface area contributed by atoms with E-state index in [4.69, 9.17) is 0 Å². The summed E-state index contributed by atoms with van der Waals surface area (Å²) in [7, 11) is 0. The predicted octanol–water partition coefficient (Wildman–Crippen LogP) is 2.36. The molecule has 5 heteroatoms. The molecule has 2 rings (SSSR count). The summed E-state index contributed by atoms with van der Waals surface area (Å²) in [4.78, 5) is 25.5. The largest absolute Gasteiger partial charge is 0.479 e. The fourth-order valence-corrected chi connectivity index (χ4v) is 3.52. The highest BCUT2D eigenvalue weighted by atomic mass is 16.4. The van der Waals surface area contributed by atoms with Crippen molar-refractivity contribution < 1.29 is 14.7 Å². The average Bonchev–Trinajstić information content (AvgIpc) is 2.95. The Morgan fingerprint density at radius 1 is 1.21 bits per heavy atom. The van der Waals surface area contributed by atoms with Gasteiger partial charge >= 0.3 is 12.0 Å². The molecule has 1 aliphatic carbocycles. The molecule has 0 aromatic carbocycles. The van der Waals surface area contributed by atoms with E-state index in [0.717, 1.165) is 32.1 Å². The molecule has 2 fully saturated rings. The van der Waals surface area contributed by atoms with Gasteiger partial charge in [0.25, 0.3) is 0 Å². The minimum atomic E-state index is -1.00. The fraction of sp³-hybridized carbons (Fsp3) is 0.857. The van der Waals surface area contributed by atoms with Crippen LogP contribution in [0.2, 0.25) is 0 Å². The van der Waals surface area contributed by atoms with Crippen LogP contribution in [0, 0.1) is 0 Å². The zero-order valence-electron chi connectivity index (χ0n) is 11.9. The Morgan fingerprint density at radius 3 is 2.37 bits per heavy atom. The molecule has 19 heavy (non-hydrogen) atoms. The molecule has 0 spiro atoms. The van der Waals surface area contributed by atoms with Gasteiger partial charge in [-0.2, -0.15) is 0 Å². The van der Waals surface area contributed by atoms with Gasteiger partial charge in [-0.15, -0.1) is 0 Å². The molecule has 0 radical (unpaired) electrons. The Labute approximate surface area is 114 Å². The maximum Gasteiger partial charge on any atom is 0.329 e. The van der Waals surface area contributed by atoms with Crippen LogP contribution in [-0.4, -0.2) is 39.6 Å². The third-order valence-electron chi connectivity index (χ3n) is 4.83. The van der Waals surface area contributed by atoms with Crippen molar-refractivity contribution in [2.24, 2.45) is 0 Å². The van der Waals surface area contributed by atoms with Crippen LogP contribution in [0.1, 0.15) is 58.8 Å². The Kier molecular flexibility index (Phi) is 3.74. The van der Waals surface area contributed by atoms with E-state index < -0.39 is 11.5 Å². The van der Waals surface area contributed by atoms with Crippen molar-refractivity contribution in [2.45, 2.75) is 69.9 Å². The molecule has 1 saturated carbocycles. The van der Waals surface area contributed by atoms with Crippen molar-refractivity contribution in [1.82, 2.24) is 10.2 Å². The highest BCUT2D eigenvalue weighted by Crippen LogP contribution is 2.34. The normalized spacial score (nSPS) is 29.5. The summed E-state index contributed by atoms with van der Waals surface area (Å²) in [5, 5.41) is 12.6. The smallest absolute Gasteiger partial charge is 0.329 e. The molecule has 0 aromatic rings. The lowest BCUT2D eigenvalue weighted by atomic mass is 9.93. The van der Waals surface area contributed by atoms with Crippen LogP contribution >= 0.6 is 0 Å². The van der Waals surface area contributed by atoms with E-state index in [2.05, 4.69) is 12.2 Å². The van der Waals surface area contributed by atoms with Gasteiger partial charge in [0.05, 0.1) is 0 Å². The summed E-state index contributed by atoms with van der Waals surface area (Å²) >= 11 is 0. The second-order valence-electron chi connectivity index (χ2n) is 6.14. The fourth-order valence-electron chi connectivity index (χ4n) is 3.52. The van der Waals surface area contributed by atoms with Gasteiger partial charge in [0.15, 0.2) is 0 Å². The minimum Gasteiger partial charge on any atom is -0.479 e. The minimum absolute atomic E-state index is 0.155. The standard InChI is InChI=1S/C14H24N2O3/c1-3-14(11(17)18)9-6-10-16(14)12(19)15-13(2)7-4-5-8-13/h3-10H2,1-2H3,(H,15,19)(H,17,18). The third-order valence-corrected chi connectivity index (χ3v) is 4.83. The molecule has 0 aromatic heterocycles. The molecule has 1 unspecified atom stereocenters. The van der Waals surface area contributed by atoms with Crippen LogP contribution in [0.3, 0.4) is 0 Å². The van der Waals surface area contributed by atoms with Crippen molar-refractivity contribution in [3.05, 3.63) is 0 Å². The van der Waals surface area contributed by atoms with Crippen molar-refractivity contribution in [1.29, 1.82) is 0 Å². The van der Waals surface area contributed by atoms with Crippen LogP contribution in [0.15, 0.2) is 0 Å². The van der Waals surface area contributed by atoms with E-state index >= 15 is 0 Å². The summed E-state index contributed by atoms with van der Waals surface area (Å²) in [5.74, 6) is -0.876. The first-order chi connectivity index (χ1) is 8.93. The van der Waals surface area contributed by atoms with Crippen LogP contribution in [0.25, 0.3) is 0 Å². The SMILES string of the molecule is CCC1(C(=O)O)CCCN1C(=O)NC1(C)CCCC1. The van der Waals surface area contributed by atoms with E-state index in [0.29, 0.717) is 19.4 Å². The van der Waals surface area contributed by atoms with E-state index in [9.17, 15) is 14.7 Å². The van der Waals surface area contributed by atoms with E-state index in [-0.39, 0.29) is 11.6 Å². The molecule has 1 heterocycles. The number of hydrogen-bond donors (Lipinski definition) is 2. The van der Waals surface area contributed by atoms with Crippen LogP contribution < -0.4 is 5.32 Å². The Morgan fingerprint density at radius 2 is 1.84 bits per heavy atom. The number of carbonyl (C=O) groups is 2. The van der Waals surface area contributed by atoms with Gasteiger partial charge in [-0.05, 0) is 39.0 Å². The highest BCUT2D eigenvalue weighted by molar-refractivity contribution is 5.87. The van der Waals surface area contributed by atoms with E-state index in [1.165, 1.54) is 0 Å². The number of aliphatic carboxylic acids is 1. The van der Waals surface area contributed by atoms with E-state index in [1.807, 2.05) is 6.92 Å². The molecule has 1 atom stereocenters. The van der Waals surface area contributed by atoms with Gasteiger partial charge in [-0.3, -0.25) is 0 Å². The third kappa shape index (κ3) is 2.42. The summed E-state index contributed by atoms with van der Waals surface area (Å²) in [6.45, 7) is 4.45. The van der Waals surface area contributed by atoms with Gasteiger partial charge < -0.3 is 15.3 Å². The predicted molar refractivity (Wildman–Crippen MR) is 72.0 cm³/mol. The number of nitrogens with zero attached hydrogens (tertiary/aromatic N) is 1.